The van der Waals surface area contributed by atoms with Crippen molar-refractivity contribution in [1.29, 1.82) is 0 Å². The Morgan fingerprint density at radius 2 is 1.96 bits per heavy atom. The van der Waals surface area contributed by atoms with E-state index in [9.17, 15) is 13.2 Å². The Bertz CT molecular complexity index is 818. The van der Waals surface area contributed by atoms with Crippen LogP contribution in [-0.2, 0) is 19.6 Å². The Morgan fingerprint density at radius 3 is 2.76 bits per heavy atom. The molecule has 1 unspecified atom stereocenters. The van der Waals surface area contributed by atoms with Crippen molar-refractivity contribution in [3.63, 3.8) is 0 Å². The van der Waals surface area contributed by atoms with Crippen LogP contribution in [-0.4, -0.2) is 80.4 Å². The molecule has 1 amide bonds. The fourth-order valence-corrected chi connectivity index (χ4v) is 5.43. The molecule has 3 heterocycles. The van der Waals surface area contributed by atoms with E-state index < -0.39 is 16.1 Å². The number of morpholine rings is 1. The fraction of sp³-hybridized carbons (Fsp3) is 0.500. The van der Waals surface area contributed by atoms with E-state index >= 15 is 0 Å². The molecular formula is C16H19N3O4S2. The number of carbonyl (C=O) groups is 1. The molecule has 3 aliphatic rings. The molecule has 0 bridgehead atoms. The van der Waals surface area contributed by atoms with Gasteiger partial charge in [-0.1, -0.05) is 12.1 Å². The smallest absolute Gasteiger partial charge is 0.285 e. The van der Waals surface area contributed by atoms with Crippen LogP contribution in [0.2, 0.25) is 0 Å². The Balaban J connectivity index is 1.55. The summed E-state index contributed by atoms with van der Waals surface area (Å²) in [5.41, 5.74) is 0.602. The summed E-state index contributed by atoms with van der Waals surface area (Å²) in [6.07, 6.45) is -0.574. The second kappa shape index (κ2) is 6.62. The first-order valence-corrected chi connectivity index (χ1v) is 10.8. The van der Waals surface area contributed by atoms with E-state index in [1.807, 2.05) is 21.6 Å². The molecule has 7 nitrogen and oxygen atoms in total. The van der Waals surface area contributed by atoms with E-state index in [0.717, 1.165) is 24.6 Å². The van der Waals surface area contributed by atoms with Gasteiger partial charge in [0.15, 0.2) is 11.9 Å². The van der Waals surface area contributed by atoms with Gasteiger partial charge in [0.2, 0.25) is 0 Å². The molecule has 0 radical (unpaired) electrons. The minimum absolute atomic E-state index is 0.0141. The van der Waals surface area contributed by atoms with Crippen LogP contribution >= 0.6 is 11.8 Å². The van der Waals surface area contributed by atoms with Gasteiger partial charge in [-0.15, -0.1) is 4.40 Å². The summed E-state index contributed by atoms with van der Waals surface area (Å²) in [6, 6.07) is 6.81. The zero-order valence-corrected chi connectivity index (χ0v) is 15.3. The van der Waals surface area contributed by atoms with Gasteiger partial charge in [-0.3, -0.25) is 4.79 Å². The number of ether oxygens (including phenoxy) is 1. The highest BCUT2D eigenvalue weighted by molar-refractivity contribution is 7.99. The normalized spacial score (nSPS) is 25.4. The molecule has 4 rings (SSSR count). The molecule has 2 fully saturated rings. The molecule has 1 aromatic carbocycles. The van der Waals surface area contributed by atoms with E-state index in [2.05, 4.69) is 4.40 Å². The van der Waals surface area contributed by atoms with Gasteiger partial charge < -0.3 is 14.5 Å². The van der Waals surface area contributed by atoms with Gasteiger partial charge in [-0.25, -0.2) is 0 Å². The number of amidine groups is 1. The van der Waals surface area contributed by atoms with Crippen molar-refractivity contribution in [2.24, 2.45) is 4.40 Å². The Hall–Kier alpha value is -1.58. The summed E-state index contributed by atoms with van der Waals surface area (Å²) < 4.78 is 34.1. The number of thioether (sulfide) groups is 1. The van der Waals surface area contributed by atoms with Crippen molar-refractivity contribution in [3.8, 4) is 0 Å². The highest BCUT2D eigenvalue weighted by Crippen LogP contribution is 2.28. The lowest BCUT2D eigenvalue weighted by atomic mass is 10.1. The summed E-state index contributed by atoms with van der Waals surface area (Å²) in [5, 5.41) is 0. The van der Waals surface area contributed by atoms with Crippen LogP contribution in [0.1, 0.15) is 5.56 Å². The van der Waals surface area contributed by atoms with Crippen molar-refractivity contribution in [2.75, 3.05) is 44.3 Å². The summed E-state index contributed by atoms with van der Waals surface area (Å²) in [6.45, 7) is 2.69. The number of hydrogen-bond acceptors (Lipinski definition) is 6. The van der Waals surface area contributed by atoms with E-state index in [0.29, 0.717) is 31.1 Å². The maximum absolute atomic E-state index is 12.7. The third-order valence-corrected chi connectivity index (χ3v) is 6.84. The summed E-state index contributed by atoms with van der Waals surface area (Å²) in [7, 11) is -3.65. The molecule has 0 spiro atoms. The molecule has 0 aliphatic carbocycles. The van der Waals surface area contributed by atoms with Crippen LogP contribution in [0.3, 0.4) is 0 Å². The third-order valence-electron chi connectivity index (χ3n) is 4.58. The molecule has 0 aromatic heterocycles. The minimum Gasteiger partial charge on any atom is -0.365 e. The Kier molecular flexibility index (Phi) is 4.47. The van der Waals surface area contributed by atoms with Crippen LogP contribution in [0.4, 0.5) is 0 Å². The molecular weight excluding hydrogens is 362 g/mol. The summed E-state index contributed by atoms with van der Waals surface area (Å²) in [4.78, 5) is 16.6. The lowest BCUT2D eigenvalue weighted by Crippen LogP contribution is -2.53. The van der Waals surface area contributed by atoms with Crippen LogP contribution in [0.5, 0.6) is 0 Å². The Morgan fingerprint density at radius 1 is 1.20 bits per heavy atom. The maximum atomic E-state index is 12.7. The van der Waals surface area contributed by atoms with Gasteiger partial charge in [0, 0.05) is 36.7 Å². The summed E-state index contributed by atoms with van der Waals surface area (Å²) in [5.74, 6) is 2.30. The number of hydrogen-bond donors (Lipinski definition) is 0. The minimum atomic E-state index is -3.65. The quantitative estimate of drug-likeness (QED) is 0.701. The van der Waals surface area contributed by atoms with Crippen molar-refractivity contribution in [3.05, 3.63) is 29.8 Å². The zero-order valence-electron chi connectivity index (χ0n) is 13.6. The largest absolute Gasteiger partial charge is 0.365 e. The molecule has 1 atom stereocenters. The van der Waals surface area contributed by atoms with Gasteiger partial charge in [-0.05, 0) is 12.1 Å². The molecule has 9 heteroatoms. The first kappa shape index (κ1) is 16.9. The number of amides is 1. The van der Waals surface area contributed by atoms with Gasteiger partial charge in [0.1, 0.15) is 4.90 Å². The number of benzene rings is 1. The topological polar surface area (TPSA) is 79.3 Å². The molecule has 0 saturated carbocycles. The molecule has 134 valence electrons. The first-order chi connectivity index (χ1) is 12.1. The highest BCUT2D eigenvalue weighted by Gasteiger charge is 2.36. The second-order valence-corrected chi connectivity index (χ2v) is 8.93. The van der Waals surface area contributed by atoms with Gasteiger partial charge in [0.05, 0.1) is 13.2 Å². The van der Waals surface area contributed by atoms with Crippen molar-refractivity contribution >= 4 is 33.5 Å². The maximum Gasteiger partial charge on any atom is 0.285 e. The average molecular weight is 381 g/mol. The van der Waals surface area contributed by atoms with E-state index in [1.165, 1.54) is 0 Å². The van der Waals surface area contributed by atoms with Crippen LogP contribution in [0, 0.1) is 0 Å². The van der Waals surface area contributed by atoms with Gasteiger partial charge in [-0.2, -0.15) is 20.2 Å². The zero-order chi connectivity index (χ0) is 17.4. The monoisotopic (exact) mass is 381 g/mol. The highest BCUT2D eigenvalue weighted by atomic mass is 32.2. The third kappa shape index (κ3) is 3.16. The first-order valence-electron chi connectivity index (χ1n) is 8.24. The predicted octanol–water partition coefficient (Wildman–Crippen LogP) is 0.412. The lowest BCUT2D eigenvalue weighted by Gasteiger charge is -2.36. The number of nitrogens with zero attached hydrogens (tertiary/aromatic N) is 3. The van der Waals surface area contributed by atoms with Crippen LogP contribution < -0.4 is 0 Å². The SMILES string of the molecule is O=C(C1CN(C2=NS(=O)(=O)c3ccccc32)CCO1)N1CCSCC1. The number of rotatable bonds is 1. The van der Waals surface area contributed by atoms with E-state index in [1.54, 1.807) is 24.3 Å². The van der Waals surface area contributed by atoms with E-state index in [4.69, 9.17) is 4.74 Å². The molecule has 1 aromatic rings. The van der Waals surface area contributed by atoms with Gasteiger partial charge >= 0.3 is 0 Å². The number of fused-ring (bicyclic) bond motifs is 1. The predicted molar refractivity (Wildman–Crippen MR) is 95.4 cm³/mol. The second-order valence-electron chi connectivity index (χ2n) is 6.13. The standard InChI is InChI=1S/C16H19N3O4S2/c20-16(18-6-9-24-10-7-18)13-11-19(5-8-23-13)15-12-3-1-2-4-14(12)25(21,22)17-15/h1-4,13H,5-11H2. The molecule has 3 aliphatic heterocycles. The lowest BCUT2D eigenvalue weighted by molar-refractivity contribution is -0.147. The molecule has 25 heavy (non-hydrogen) atoms. The van der Waals surface area contributed by atoms with Crippen LogP contribution in [0.25, 0.3) is 0 Å². The Labute approximate surface area is 151 Å². The number of sulfonamides is 1. The fourth-order valence-electron chi connectivity index (χ4n) is 3.30. The molecule has 0 N–H and O–H groups in total. The van der Waals surface area contributed by atoms with Crippen molar-refractivity contribution in [2.45, 2.75) is 11.0 Å². The van der Waals surface area contributed by atoms with Crippen molar-refractivity contribution < 1.29 is 17.9 Å². The molecule has 2 saturated heterocycles. The number of carbonyl (C=O) groups excluding carboxylic acids is 1. The average Bonchev–Trinajstić information content (AvgIpc) is 2.94. The van der Waals surface area contributed by atoms with Crippen LogP contribution in [0.15, 0.2) is 33.6 Å². The van der Waals surface area contributed by atoms with Gasteiger partial charge in [0.25, 0.3) is 15.9 Å². The summed E-state index contributed by atoms with van der Waals surface area (Å²) >= 11 is 1.84. The van der Waals surface area contributed by atoms with E-state index in [-0.39, 0.29) is 10.8 Å². The van der Waals surface area contributed by atoms with Crippen molar-refractivity contribution in [1.82, 2.24) is 9.80 Å².